The van der Waals surface area contributed by atoms with Gasteiger partial charge in [-0.3, -0.25) is 9.59 Å². The van der Waals surface area contributed by atoms with Gasteiger partial charge in [0.15, 0.2) is 0 Å². The summed E-state index contributed by atoms with van der Waals surface area (Å²) in [5, 5.41) is 7.77. The van der Waals surface area contributed by atoms with Gasteiger partial charge in [0, 0.05) is 36.8 Å². The number of amides is 2. The van der Waals surface area contributed by atoms with Gasteiger partial charge in [-0.1, -0.05) is 0 Å². The zero-order chi connectivity index (χ0) is 15.6. The topological polar surface area (TPSA) is 87.8 Å². The Kier molecular flexibility index (Phi) is 4.00. The third-order valence-corrected chi connectivity index (χ3v) is 3.00. The monoisotopic (exact) mass is 287 g/mol. The van der Waals surface area contributed by atoms with Crippen molar-refractivity contribution in [3.05, 3.63) is 52.4 Å². The number of aliphatic hydroxyl groups excluding tert-OH is 1. The number of hydrogen-bond acceptors (Lipinski definition) is 5. The average molecular weight is 287 g/mol. The van der Waals surface area contributed by atoms with E-state index in [1.807, 2.05) is 0 Å². The molecule has 0 aliphatic carbocycles. The lowest BCUT2D eigenvalue weighted by molar-refractivity contribution is -0.119. The molecule has 3 rings (SSSR count). The molecule has 0 atom stereocenters. The number of carbonyl (C=O) groups is 2. The third-order valence-electron chi connectivity index (χ3n) is 3.00. The number of aliphatic hydroxyl groups is 1. The van der Waals surface area contributed by atoms with Gasteiger partial charge in [-0.05, 0) is 24.6 Å². The standard InChI is InChI=1S/C14H9NO4.CH4O/c1-8-6-14(18)19-11-7-9(2-3-10(8)11)15-12(16)4-5-13(15)17;1-2/h2-7H,1H3;2H,1H3. The SMILES string of the molecule is CO.Cc1cc(=O)oc2cc(N3C(=O)C=CC3=O)ccc12. The van der Waals surface area contributed by atoms with E-state index in [9.17, 15) is 14.4 Å². The van der Waals surface area contributed by atoms with Crippen molar-refractivity contribution in [2.24, 2.45) is 0 Å². The molecule has 21 heavy (non-hydrogen) atoms. The van der Waals surface area contributed by atoms with Crippen LogP contribution in [0.25, 0.3) is 11.0 Å². The molecule has 2 heterocycles. The summed E-state index contributed by atoms with van der Waals surface area (Å²) in [7, 11) is 1.00. The predicted octanol–water partition coefficient (Wildman–Crippen LogP) is 1.14. The number of anilines is 1. The molecule has 6 nitrogen and oxygen atoms in total. The van der Waals surface area contributed by atoms with Crippen LogP contribution in [-0.4, -0.2) is 24.0 Å². The molecule has 2 amide bonds. The summed E-state index contributed by atoms with van der Waals surface area (Å²) in [6, 6.07) is 6.29. The van der Waals surface area contributed by atoms with E-state index in [-0.39, 0.29) is 0 Å². The highest BCUT2D eigenvalue weighted by Gasteiger charge is 2.25. The number of nitrogens with zero attached hydrogens (tertiary/aromatic N) is 1. The largest absolute Gasteiger partial charge is 0.423 e. The summed E-state index contributed by atoms with van der Waals surface area (Å²) in [5.41, 5.74) is 1.07. The van der Waals surface area contributed by atoms with Gasteiger partial charge < -0.3 is 9.52 Å². The van der Waals surface area contributed by atoms with Crippen molar-refractivity contribution in [3.8, 4) is 0 Å². The lowest BCUT2D eigenvalue weighted by Gasteiger charge is -2.14. The number of fused-ring (bicyclic) bond motifs is 1. The van der Waals surface area contributed by atoms with E-state index in [2.05, 4.69) is 0 Å². The number of hydrogen-bond donors (Lipinski definition) is 1. The van der Waals surface area contributed by atoms with Gasteiger partial charge in [-0.25, -0.2) is 9.69 Å². The zero-order valence-electron chi connectivity index (χ0n) is 11.5. The molecule has 108 valence electrons. The van der Waals surface area contributed by atoms with Crippen molar-refractivity contribution in [1.82, 2.24) is 0 Å². The minimum absolute atomic E-state index is 0.356. The first-order valence-electron chi connectivity index (χ1n) is 6.11. The van der Waals surface area contributed by atoms with E-state index in [0.717, 1.165) is 23.0 Å². The van der Waals surface area contributed by atoms with Crippen LogP contribution in [0.2, 0.25) is 0 Å². The number of aryl methyl sites for hydroxylation is 1. The normalized spacial score (nSPS) is 13.6. The summed E-state index contributed by atoms with van der Waals surface area (Å²) in [6.45, 7) is 1.80. The van der Waals surface area contributed by atoms with Crippen LogP contribution in [-0.2, 0) is 9.59 Å². The fourth-order valence-electron chi connectivity index (χ4n) is 2.11. The van der Waals surface area contributed by atoms with Gasteiger partial charge in [0.2, 0.25) is 0 Å². The maximum Gasteiger partial charge on any atom is 0.336 e. The smallest absolute Gasteiger partial charge is 0.336 e. The molecule has 6 heteroatoms. The van der Waals surface area contributed by atoms with Crippen LogP contribution in [0.3, 0.4) is 0 Å². The molecule has 1 aromatic carbocycles. The minimum atomic E-state index is -0.459. The summed E-state index contributed by atoms with van der Waals surface area (Å²) in [5.74, 6) is -0.807. The Bertz CT molecular complexity index is 785. The first-order chi connectivity index (χ1) is 10.1. The van der Waals surface area contributed by atoms with Crippen LogP contribution in [0, 0.1) is 6.92 Å². The van der Waals surface area contributed by atoms with E-state index in [0.29, 0.717) is 11.3 Å². The van der Waals surface area contributed by atoms with Crippen LogP contribution in [0.1, 0.15) is 5.56 Å². The number of rotatable bonds is 1. The van der Waals surface area contributed by atoms with E-state index in [4.69, 9.17) is 9.52 Å². The van der Waals surface area contributed by atoms with Crippen LogP contribution in [0.15, 0.2) is 45.6 Å². The summed E-state index contributed by atoms with van der Waals surface area (Å²) in [6.07, 6.45) is 2.41. The van der Waals surface area contributed by atoms with Crippen LogP contribution in [0.5, 0.6) is 0 Å². The van der Waals surface area contributed by atoms with Crippen molar-refractivity contribution < 1.29 is 19.1 Å². The molecular formula is C15H13NO5. The Labute approximate surface area is 119 Å². The van der Waals surface area contributed by atoms with Gasteiger partial charge in [-0.15, -0.1) is 0 Å². The van der Waals surface area contributed by atoms with Gasteiger partial charge >= 0.3 is 5.63 Å². The van der Waals surface area contributed by atoms with Crippen molar-refractivity contribution in [1.29, 1.82) is 0 Å². The van der Waals surface area contributed by atoms with Crippen molar-refractivity contribution in [2.75, 3.05) is 12.0 Å². The van der Waals surface area contributed by atoms with E-state index in [1.54, 1.807) is 19.1 Å². The first-order valence-corrected chi connectivity index (χ1v) is 6.11. The van der Waals surface area contributed by atoms with Crippen molar-refractivity contribution >= 4 is 28.5 Å². The fraction of sp³-hybridized carbons (Fsp3) is 0.133. The molecule has 2 aromatic rings. The van der Waals surface area contributed by atoms with Crippen LogP contribution >= 0.6 is 0 Å². The fourth-order valence-corrected chi connectivity index (χ4v) is 2.11. The highest BCUT2D eigenvalue weighted by Crippen LogP contribution is 2.25. The lowest BCUT2D eigenvalue weighted by atomic mass is 10.1. The molecule has 0 spiro atoms. The average Bonchev–Trinajstić information content (AvgIpc) is 2.79. The van der Waals surface area contributed by atoms with Crippen LogP contribution < -0.4 is 10.5 Å². The third kappa shape index (κ3) is 2.61. The number of carbonyl (C=O) groups excluding carboxylic acids is 2. The molecule has 0 radical (unpaired) electrons. The predicted molar refractivity (Wildman–Crippen MR) is 77.0 cm³/mol. The zero-order valence-corrected chi connectivity index (χ0v) is 11.5. The molecule has 1 aliphatic heterocycles. The highest BCUT2D eigenvalue weighted by atomic mass is 16.4. The summed E-state index contributed by atoms with van der Waals surface area (Å²) >= 11 is 0. The maximum atomic E-state index is 11.6. The Morgan fingerprint density at radius 2 is 1.62 bits per heavy atom. The van der Waals surface area contributed by atoms with Crippen LogP contribution in [0.4, 0.5) is 5.69 Å². The quantitative estimate of drug-likeness (QED) is 0.627. The molecule has 0 saturated carbocycles. The number of imide groups is 1. The van der Waals surface area contributed by atoms with E-state index in [1.165, 1.54) is 24.3 Å². The molecule has 0 fully saturated rings. The Balaban J connectivity index is 0.000000774. The summed E-state index contributed by atoms with van der Waals surface area (Å²) < 4.78 is 5.09. The maximum absolute atomic E-state index is 11.6. The minimum Gasteiger partial charge on any atom is -0.423 e. The lowest BCUT2D eigenvalue weighted by Crippen LogP contribution is -2.29. The van der Waals surface area contributed by atoms with Crippen molar-refractivity contribution in [3.63, 3.8) is 0 Å². The second-order valence-electron chi connectivity index (χ2n) is 4.27. The molecular weight excluding hydrogens is 274 g/mol. The van der Waals surface area contributed by atoms with E-state index >= 15 is 0 Å². The molecule has 1 aliphatic rings. The first kappa shape index (κ1) is 14.7. The number of benzene rings is 1. The van der Waals surface area contributed by atoms with Gasteiger partial charge in [0.05, 0.1) is 5.69 Å². The van der Waals surface area contributed by atoms with Crippen molar-refractivity contribution in [2.45, 2.75) is 6.92 Å². The molecule has 1 N–H and O–H groups in total. The highest BCUT2D eigenvalue weighted by molar-refractivity contribution is 6.28. The second kappa shape index (κ2) is 5.72. The van der Waals surface area contributed by atoms with Gasteiger partial charge in [-0.2, -0.15) is 0 Å². The second-order valence-corrected chi connectivity index (χ2v) is 4.27. The Morgan fingerprint density at radius 1 is 1.00 bits per heavy atom. The van der Waals surface area contributed by atoms with Gasteiger partial charge in [0.25, 0.3) is 11.8 Å². The summed E-state index contributed by atoms with van der Waals surface area (Å²) in [4.78, 5) is 35.5. The van der Waals surface area contributed by atoms with E-state index < -0.39 is 17.4 Å². The van der Waals surface area contributed by atoms with Gasteiger partial charge in [0.1, 0.15) is 5.58 Å². The molecule has 0 unspecified atom stereocenters. The molecule has 0 bridgehead atoms. The Morgan fingerprint density at radius 3 is 2.24 bits per heavy atom. The Hall–Kier alpha value is -2.73. The molecule has 0 saturated heterocycles. The molecule has 1 aromatic heterocycles.